The highest BCUT2D eigenvalue weighted by molar-refractivity contribution is 5.14. The summed E-state index contributed by atoms with van der Waals surface area (Å²) < 4.78 is 5.32. The van der Waals surface area contributed by atoms with E-state index in [9.17, 15) is 5.11 Å². The van der Waals surface area contributed by atoms with E-state index in [0.29, 0.717) is 19.3 Å². The molecule has 1 aromatic carbocycles. The summed E-state index contributed by atoms with van der Waals surface area (Å²) >= 11 is 0. The summed E-state index contributed by atoms with van der Waals surface area (Å²) in [4.78, 5) is 5.00. The second-order valence-electron chi connectivity index (χ2n) is 7.08. The molecular formula is C18H28N2O2. The lowest BCUT2D eigenvalue weighted by molar-refractivity contribution is -0.150. The van der Waals surface area contributed by atoms with Crippen molar-refractivity contribution in [2.45, 2.75) is 25.4 Å². The molecule has 0 bridgehead atoms. The number of rotatable bonds is 6. The molecule has 122 valence electrons. The number of aliphatic hydroxyl groups excluding tert-OH is 1. The van der Waals surface area contributed by atoms with Gasteiger partial charge in [-0.05, 0) is 32.0 Å². The molecule has 22 heavy (non-hydrogen) atoms. The third-order valence-electron chi connectivity index (χ3n) is 5.09. The van der Waals surface area contributed by atoms with Crippen LogP contribution in [0, 0.1) is 5.41 Å². The summed E-state index contributed by atoms with van der Waals surface area (Å²) in [6.45, 7) is 5.92. The van der Waals surface area contributed by atoms with Crippen molar-refractivity contribution in [3.8, 4) is 0 Å². The van der Waals surface area contributed by atoms with Crippen LogP contribution in [0.1, 0.15) is 18.4 Å². The van der Waals surface area contributed by atoms with Crippen LogP contribution in [-0.4, -0.2) is 67.5 Å². The van der Waals surface area contributed by atoms with E-state index >= 15 is 0 Å². The Morgan fingerprint density at radius 1 is 1.32 bits per heavy atom. The Bertz CT molecular complexity index is 456. The molecule has 1 unspecified atom stereocenters. The van der Waals surface area contributed by atoms with Gasteiger partial charge in [0.1, 0.15) is 0 Å². The Balaban J connectivity index is 1.53. The molecule has 0 aromatic heterocycles. The van der Waals surface area contributed by atoms with Crippen molar-refractivity contribution in [2.75, 3.05) is 46.5 Å². The zero-order chi connectivity index (χ0) is 15.4. The van der Waals surface area contributed by atoms with Gasteiger partial charge < -0.3 is 14.7 Å². The molecule has 2 saturated heterocycles. The normalized spacial score (nSPS) is 25.1. The summed E-state index contributed by atoms with van der Waals surface area (Å²) in [7, 11) is 2.20. The standard InChI is InChI=1S/C18H28N2O2/c1-19(12-18(13-21)14-22-15-18)17-8-5-9-20(11-17)10-16-6-3-2-4-7-16/h2-4,6-7,17,21H,5,8-15H2,1H3. The fraction of sp³-hybridized carbons (Fsp3) is 0.667. The first-order chi connectivity index (χ1) is 10.7. The van der Waals surface area contributed by atoms with Gasteiger partial charge in [-0.15, -0.1) is 0 Å². The van der Waals surface area contributed by atoms with Crippen LogP contribution in [0.25, 0.3) is 0 Å². The first-order valence-corrected chi connectivity index (χ1v) is 8.36. The Morgan fingerprint density at radius 2 is 2.09 bits per heavy atom. The molecule has 2 heterocycles. The molecule has 2 aliphatic heterocycles. The van der Waals surface area contributed by atoms with E-state index in [4.69, 9.17) is 4.74 Å². The number of likely N-dealkylation sites (tertiary alicyclic amines) is 1. The van der Waals surface area contributed by atoms with Crippen molar-refractivity contribution in [3.05, 3.63) is 35.9 Å². The van der Waals surface area contributed by atoms with Crippen LogP contribution in [0.3, 0.4) is 0 Å². The Kier molecular flexibility index (Phi) is 5.14. The van der Waals surface area contributed by atoms with Crippen molar-refractivity contribution >= 4 is 0 Å². The van der Waals surface area contributed by atoms with E-state index in [2.05, 4.69) is 47.2 Å². The van der Waals surface area contributed by atoms with Gasteiger partial charge in [0, 0.05) is 25.7 Å². The molecule has 1 aromatic rings. The van der Waals surface area contributed by atoms with Gasteiger partial charge >= 0.3 is 0 Å². The molecule has 0 spiro atoms. The van der Waals surface area contributed by atoms with E-state index in [1.807, 2.05) is 0 Å². The zero-order valence-electron chi connectivity index (χ0n) is 13.6. The van der Waals surface area contributed by atoms with Crippen LogP contribution in [0.2, 0.25) is 0 Å². The Labute approximate surface area is 133 Å². The summed E-state index contributed by atoms with van der Waals surface area (Å²) in [6, 6.07) is 11.3. The predicted molar refractivity (Wildman–Crippen MR) is 87.7 cm³/mol. The molecular weight excluding hydrogens is 276 g/mol. The molecule has 0 radical (unpaired) electrons. The lowest BCUT2D eigenvalue weighted by atomic mass is 9.85. The van der Waals surface area contributed by atoms with E-state index in [0.717, 1.165) is 19.6 Å². The monoisotopic (exact) mass is 304 g/mol. The molecule has 1 N–H and O–H groups in total. The number of nitrogens with zero attached hydrogens (tertiary/aromatic N) is 2. The molecule has 0 amide bonds. The van der Waals surface area contributed by atoms with Crippen LogP contribution in [-0.2, 0) is 11.3 Å². The number of likely N-dealkylation sites (N-methyl/N-ethyl adjacent to an activating group) is 1. The first-order valence-electron chi connectivity index (χ1n) is 8.36. The van der Waals surface area contributed by atoms with E-state index < -0.39 is 0 Å². The van der Waals surface area contributed by atoms with E-state index in [-0.39, 0.29) is 12.0 Å². The fourth-order valence-electron chi connectivity index (χ4n) is 3.66. The average molecular weight is 304 g/mol. The van der Waals surface area contributed by atoms with E-state index in [1.165, 1.54) is 24.9 Å². The van der Waals surface area contributed by atoms with Crippen molar-refractivity contribution in [1.29, 1.82) is 0 Å². The molecule has 4 heteroatoms. The number of benzene rings is 1. The summed E-state index contributed by atoms with van der Waals surface area (Å²) in [5.41, 5.74) is 1.38. The van der Waals surface area contributed by atoms with Crippen molar-refractivity contribution in [2.24, 2.45) is 5.41 Å². The number of hydrogen-bond acceptors (Lipinski definition) is 4. The largest absolute Gasteiger partial charge is 0.396 e. The van der Waals surface area contributed by atoms with Crippen LogP contribution >= 0.6 is 0 Å². The molecule has 4 nitrogen and oxygen atoms in total. The summed E-state index contributed by atoms with van der Waals surface area (Å²) in [6.07, 6.45) is 2.51. The minimum Gasteiger partial charge on any atom is -0.396 e. The highest BCUT2D eigenvalue weighted by Gasteiger charge is 2.40. The molecule has 1 atom stereocenters. The second-order valence-corrected chi connectivity index (χ2v) is 7.08. The van der Waals surface area contributed by atoms with Gasteiger partial charge in [0.15, 0.2) is 0 Å². The van der Waals surface area contributed by atoms with Gasteiger partial charge in [-0.3, -0.25) is 4.90 Å². The number of ether oxygens (including phenoxy) is 1. The zero-order valence-corrected chi connectivity index (χ0v) is 13.6. The van der Waals surface area contributed by atoms with Gasteiger partial charge in [0.05, 0.1) is 25.2 Å². The van der Waals surface area contributed by atoms with Gasteiger partial charge in [-0.2, -0.15) is 0 Å². The predicted octanol–water partition coefficient (Wildman–Crippen LogP) is 1.59. The topological polar surface area (TPSA) is 35.9 Å². The van der Waals surface area contributed by atoms with Crippen LogP contribution in [0.5, 0.6) is 0 Å². The maximum Gasteiger partial charge on any atom is 0.0579 e. The van der Waals surface area contributed by atoms with Crippen molar-refractivity contribution in [3.63, 3.8) is 0 Å². The van der Waals surface area contributed by atoms with Gasteiger partial charge in [-0.1, -0.05) is 30.3 Å². The lowest BCUT2D eigenvalue weighted by Crippen LogP contribution is -2.56. The molecule has 2 fully saturated rings. The van der Waals surface area contributed by atoms with Gasteiger partial charge in [0.25, 0.3) is 0 Å². The van der Waals surface area contributed by atoms with Gasteiger partial charge in [-0.25, -0.2) is 0 Å². The third-order valence-corrected chi connectivity index (χ3v) is 5.09. The SMILES string of the molecule is CN(CC1(CO)COC1)C1CCCN(Cc2ccccc2)C1. The van der Waals surface area contributed by atoms with E-state index in [1.54, 1.807) is 0 Å². The highest BCUT2D eigenvalue weighted by atomic mass is 16.5. The highest BCUT2D eigenvalue weighted by Crippen LogP contribution is 2.29. The summed E-state index contributed by atoms with van der Waals surface area (Å²) in [5, 5.41) is 9.61. The smallest absolute Gasteiger partial charge is 0.0579 e. The summed E-state index contributed by atoms with van der Waals surface area (Å²) in [5.74, 6) is 0. The Morgan fingerprint density at radius 3 is 2.73 bits per heavy atom. The molecule has 0 saturated carbocycles. The Hall–Kier alpha value is -0.940. The first kappa shape index (κ1) is 15.9. The minimum absolute atomic E-state index is 0.0174. The fourth-order valence-corrected chi connectivity index (χ4v) is 3.66. The molecule has 2 aliphatic rings. The molecule has 0 aliphatic carbocycles. The van der Waals surface area contributed by atoms with Crippen LogP contribution in [0.15, 0.2) is 30.3 Å². The van der Waals surface area contributed by atoms with Crippen molar-refractivity contribution < 1.29 is 9.84 Å². The number of piperidine rings is 1. The quantitative estimate of drug-likeness (QED) is 0.866. The van der Waals surface area contributed by atoms with Crippen LogP contribution in [0.4, 0.5) is 0 Å². The maximum atomic E-state index is 9.61. The third kappa shape index (κ3) is 3.69. The van der Waals surface area contributed by atoms with Crippen LogP contribution < -0.4 is 0 Å². The maximum absolute atomic E-state index is 9.61. The molecule has 3 rings (SSSR count). The van der Waals surface area contributed by atoms with Gasteiger partial charge in [0.2, 0.25) is 0 Å². The average Bonchev–Trinajstić information content (AvgIpc) is 2.52. The van der Waals surface area contributed by atoms with Crippen molar-refractivity contribution in [1.82, 2.24) is 9.80 Å². The lowest BCUT2D eigenvalue weighted by Gasteiger charge is -2.46. The second kappa shape index (κ2) is 7.09. The number of hydrogen-bond donors (Lipinski definition) is 1. The minimum atomic E-state index is -0.0174. The number of aliphatic hydroxyl groups is 1.